The van der Waals surface area contributed by atoms with Crippen molar-refractivity contribution >= 4 is 27.5 Å². The van der Waals surface area contributed by atoms with Crippen molar-refractivity contribution in [3.05, 3.63) is 59.7 Å². The molecule has 8 nitrogen and oxygen atoms in total. The summed E-state index contributed by atoms with van der Waals surface area (Å²) in [5, 5.41) is 2.85. The van der Waals surface area contributed by atoms with Gasteiger partial charge in [0.15, 0.2) is 0 Å². The molecular weight excluding hydrogens is 523 g/mol. The van der Waals surface area contributed by atoms with Crippen molar-refractivity contribution in [1.82, 2.24) is 10.2 Å². The number of carbonyl (C=O) groups excluding carboxylic acids is 2. The second-order valence-electron chi connectivity index (χ2n) is 8.93. The van der Waals surface area contributed by atoms with Gasteiger partial charge in [0.1, 0.15) is 18.3 Å². The number of carbonyl (C=O) groups is 2. The molecule has 0 aliphatic rings. The van der Waals surface area contributed by atoms with Crippen LogP contribution in [0.15, 0.2) is 48.5 Å². The van der Waals surface area contributed by atoms with Crippen molar-refractivity contribution < 1.29 is 35.9 Å². The van der Waals surface area contributed by atoms with Gasteiger partial charge in [-0.2, -0.15) is 13.2 Å². The highest BCUT2D eigenvalue weighted by Gasteiger charge is 2.34. The van der Waals surface area contributed by atoms with Crippen LogP contribution in [0.4, 0.5) is 18.9 Å². The summed E-state index contributed by atoms with van der Waals surface area (Å²) in [6.45, 7) is 4.58. The number of nitrogens with one attached hydrogen (secondary N) is 1. The van der Waals surface area contributed by atoms with Crippen LogP contribution in [0.25, 0.3) is 0 Å². The van der Waals surface area contributed by atoms with Gasteiger partial charge < -0.3 is 15.0 Å². The summed E-state index contributed by atoms with van der Waals surface area (Å²) < 4.78 is 71.0. The first kappa shape index (κ1) is 30.9. The predicted molar refractivity (Wildman–Crippen MR) is 139 cm³/mol. The first-order valence-corrected chi connectivity index (χ1v) is 13.9. The Morgan fingerprint density at radius 2 is 1.71 bits per heavy atom. The summed E-state index contributed by atoms with van der Waals surface area (Å²) in [7, 11) is -2.69. The van der Waals surface area contributed by atoms with Crippen LogP contribution in [0.1, 0.15) is 44.7 Å². The number of ether oxygens (including phenoxy) is 1. The lowest BCUT2D eigenvalue weighted by Gasteiger charge is -2.33. The summed E-state index contributed by atoms with van der Waals surface area (Å²) in [6, 6.07) is 9.45. The molecule has 0 saturated heterocycles. The first-order valence-electron chi connectivity index (χ1n) is 12.1. The van der Waals surface area contributed by atoms with Gasteiger partial charge in [-0.3, -0.25) is 13.9 Å². The van der Waals surface area contributed by atoms with Crippen LogP contribution in [0, 0.1) is 0 Å². The molecule has 1 N–H and O–H groups in total. The molecule has 0 spiro atoms. The van der Waals surface area contributed by atoms with Crippen molar-refractivity contribution in [1.29, 1.82) is 0 Å². The van der Waals surface area contributed by atoms with E-state index in [2.05, 4.69) is 5.32 Å². The van der Waals surface area contributed by atoms with E-state index in [1.165, 1.54) is 18.1 Å². The second-order valence-corrected chi connectivity index (χ2v) is 10.8. The molecule has 12 heteroatoms. The zero-order valence-corrected chi connectivity index (χ0v) is 22.9. The third kappa shape index (κ3) is 8.37. The summed E-state index contributed by atoms with van der Waals surface area (Å²) in [4.78, 5) is 28.0. The minimum atomic E-state index is -4.71. The maximum atomic E-state index is 13.7. The predicted octanol–water partition coefficient (Wildman–Crippen LogP) is 4.20. The third-order valence-electron chi connectivity index (χ3n) is 6.01. The fourth-order valence-electron chi connectivity index (χ4n) is 3.78. The van der Waals surface area contributed by atoms with Crippen LogP contribution >= 0.6 is 0 Å². The van der Waals surface area contributed by atoms with Gasteiger partial charge in [-0.05, 0) is 55.7 Å². The molecule has 0 heterocycles. The summed E-state index contributed by atoms with van der Waals surface area (Å²) in [5.74, 6) is -0.640. The topological polar surface area (TPSA) is 96.0 Å². The van der Waals surface area contributed by atoms with Crippen molar-refractivity contribution in [3.8, 4) is 5.75 Å². The van der Waals surface area contributed by atoms with E-state index >= 15 is 0 Å². The average molecular weight is 558 g/mol. The molecule has 2 rings (SSSR count). The smallest absolute Gasteiger partial charge is 0.416 e. The highest BCUT2D eigenvalue weighted by Crippen LogP contribution is 2.32. The fraction of sp³-hybridized carbons (Fsp3) is 0.462. The van der Waals surface area contributed by atoms with Gasteiger partial charge in [0.05, 0.1) is 24.6 Å². The molecule has 0 aliphatic carbocycles. The van der Waals surface area contributed by atoms with E-state index < -0.39 is 46.2 Å². The van der Waals surface area contributed by atoms with Crippen molar-refractivity contribution in [2.24, 2.45) is 0 Å². The number of methoxy groups -OCH3 is 1. The lowest BCUT2D eigenvalue weighted by Crippen LogP contribution is -2.53. The molecular formula is C26H34F3N3O5S. The van der Waals surface area contributed by atoms with Gasteiger partial charge in [-0.25, -0.2) is 8.42 Å². The third-order valence-corrected chi connectivity index (χ3v) is 7.16. The van der Waals surface area contributed by atoms with E-state index in [4.69, 9.17) is 4.74 Å². The number of rotatable bonds is 12. The summed E-state index contributed by atoms with van der Waals surface area (Å²) >= 11 is 0. The molecule has 210 valence electrons. The maximum Gasteiger partial charge on any atom is 0.416 e. The van der Waals surface area contributed by atoms with E-state index in [-0.39, 0.29) is 24.7 Å². The van der Waals surface area contributed by atoms with Gasteiger partial charge in [0, 0.05) is 12.6 Å². The molecule has 0 radical (unpaired) electrons. The Balaban J connectivity index is 2.51. The zero-order chi connectivity index (χ0) is 28.7. The van der Waals surface area contributed by atoms with Gasteiger partial charge in [0.2, 0.25) is 21.8 Å². The van der Waals surface area contributed by atoms with Crippen LogP contribution in [0.3, 0.4) is 0 Å². The van der Waals surface area contributed by atoms with E-state index in [9.17, 15) is 31.2 Å². The van der Waals surface area contributed by atoms with Gasteiger partial charge in [-0.15, -0.1) is 0 Å². The van der Waals surface area contributed by atoms with Crippen LogP contribution < -0.4 is 14.4 Å². The number of benzene rings is 2. The number of amides is 2. The van der Waals surface area contributed by atoms with Crippen molar-refractivity contribution in [2.75, 3.05) is 24.2 Å². The molecule has 0 saturated carbocycles. The second kappa shape index (κ2) is 13.0. The Kier molecular flexibility index (Phi) is 10.6. The molecule has 2 aromatic carbocycles. The van der Waals surface area contributed by atoms with Crippen LogP contribution in [0.5, 0.6) is 5.75 Å². The number of nitrogens with zero attached hydrogens (tertiary/aromatic N) is 2. The number of halogens is 3. The molecule has 0 aliphatic heterocycles. The molecule has 0 aromatic heterocycles. The van der Waals surface area contributed by atoms with Crippen LogP contribution in [-0.2, 0) is 32.3 Å². The van der Waals surface area contributed by atoms with Gasteiger partial charge >= 0.3 is 6.18 Å². The lowest BCUT2D eigenvalue weighted by atomic mass is 10.1. The zero-order valence-electron chi connectivity index (χ0n) is 22.1. The molecule has 38 heavy (non-hydrogen) atoms. The Hall–Kier alpha value is -3.28. The minimum Gasteiger partial charge on any atom is -0.497 e. The lowest BCUT2D eigenvalue weighted by molar-refractivity contribution is -0.140. The Morgan fingerprint density at radius 3 is 2.26 bits per heavy atom. The summed E-state index contributed by atoms with van der Waals surface area (Å²) in [5.41, 5.74) is -0.740. The van der Waals surface area contributed by atoms with E-state index in [0.29, 0.717) is 28.1 Å². The van der Waals surface area contributed by atoms with E-state index in [1.54, 1.807) is 31.2 Å². The van der Waals surface area contributed by atoms with E-state index in [1.807, 2.05) is 13.8 Å². The maximum absolute atomic E-state index is 13.7. The number of hydrogen-bond acceptors (Lipinski definition) is 5. The number of alkyl halides is 3. The quantitative estimate of drug-likeness (QED) is 0.422. The minimum absolute atomic E-state index is 0.0529. The Morgan fingerprint density at radius 1 is 1.05 bits per heavy atom. The highest BCUT2D eigenvalue weighted by molar-refractivity contribution is 7.92. The van der Waals surface area contributed by atoms with Crippen molar-refractivity contribution in [2.45, 2.75) is 58.4 Å². The summed E-state index contributed by atoms with van der Waals surface area (Å²) in [6.07, 6.45) is -3.02. The highest BCUT2D eigenvalue weighted by atomic mass is 32.2. The fourth-order valence-corrected chi connectivity index (χ4v) is 4.62. The number of hydrogen-bond donors (Lipinski definition) is 1. The monoisotopic (exact) mass is 557 g/mol. The van der Waals surface area contributed by atoms with E-state index in [0.717, 1.165) is 18.4 Å². The Labute approximate surface area is 221 Å². The average Bonchev–Trinajstić information content (AvgIpc) is 2.85. The molecule has 0 bridgehead atoms. The van der Waals surface area contributed by atoms with Crippen LogP contribution in [0.2, 0.25) is 0 Å². The number of anilines is 1. The first-order chi connectivity index (χ1) is 17.7. The largest absolute Gasteiger partial charge is 0.497 e. The van der Waals surface area contributed by atoms with Gasteiger partial charge in [-0.1, -0.05) is 32.0 Å². The molecule has 2 atom stereocenters. The molecule has 2 amide bonds. The molecule has 0 fully saturated rings. The molecule has 0 unspecified atom stereocenters. The molecule has 2 aromatic rings. The van der Waals surface area contributed by atoms with Gasteiger partial charge in [0.25, 0.3) is 0 Å². The number of sulfonamides is 1. The standard InChI is InChI=1S/C26H34F3N3O5S/c1-6-18(3)30-25(34)23(7-2)31(16-19-10-8-13-22(14-19)37-4)24(33)17-32(38(5,35)36)21-12-9-11-20(15-21)26(27,28)29/h8-15,18,23H,6-7,16-17H2,1-5H3,(H,30,34)/t18-,23+/m0/s1. The SMILES string of the molecule is CC[C@H](C(=O)N[C@@H](C)CC)N(Cc1cccc(OC)c1)C(=O)CN(c1cccc(C(F)(F)F)c1)S(C)(=O)=O. The van der Waals surface area contributed by atoms with Crippen LogP contribution in [-0.4, -0.2) is 57.1 Å². The normalized spacial score (nSPS) is 13.4. The van der Waals surface area contributed by atoms with Crippen molar-refractivity contribution in [3.63, 3.8) is 0 Å². The Bertz CT molecular complexity index is 1220.